The number of anilines is 2. The molecule has 6 heteroatoms. The summed E-state index contributed by atoms with van der Waals surface area (Å²) in [6.07, 6.45) is 9.41. The Balaban J connectivity index is 1.11. The van der Waals surface area contributed by atoms with Crippen molar-refractivity contribution in [3.63, 3.8) is 0 Å². The van der Waals surface area contributed by atoms with E-state index in [-0.39, 0.29) is 11.4 Å². The van der Waals surface area contributed by atoms with Gasteiger partial charge in [0.1, 0.15) is 17.2 Å². The summed E-state index contributed by atoms with van der Waals surface area (Å²) >= 11 is 0. The van der Waals surface area contributed by atoms with Crippen LogP contribution in [0.2, 0.25) is 0 Å². The second kappa shape index (κ2) is 6.86. The standard InChI is InChI=1S/C29H32FN5/c1-18-13-34(17-33-18)26-7-2-19(22-4-5-23(22)26)10-20-12-28(8-9-28)16-35-27(20)32-15-29(35)14-31-25-11-21(30)3-6-24(25)29/h2-3,6-7,11,17-18,20,31H,4-5,8-10,12-16H2,1H3. The van der Waals surface area contributed by atoms with Gasteiger partial charge in [0.25, 0.3) is 0 Å². The van der Waals surface area contributed by atoms with E-state index in [2.05, 4.69) is 39.2 Å². The van der Waals surface area contributed by atoms with Crippen LogP contribution in [0.4, 0.5) is 15.8 Å². The van der Waals surface area contributed by atoms with E-state index in [9.17, 15) is 4.39 Å². The van der Waals surface area contributed by atoms with Crippen molar-refractivity contribution < 1.29 is 4.39 Å². The minimum atomic E-state index is -0.168. The lowest BCUT2D eigenvalue weighted by atomic mass is 9.76. The zero-order chi connectivity index (χ0) is 23.4. The highest BCUT2D eigenvalue weighted by atomic mass is 19.1. The van der Waals surface area contributed by atoms with Crippen molar-refractivity contribution in [2.45, 2.75) is 57.0 Å². The first-order valence-electron chi connectivity index (χ1n) is 13.3. The molecule has 0 radical (unpaired) electrons. The number of nitrogens with one attached hydrogen (secondary N) is 1. The maximum absolute atomic E-state index is 13.9. The molecule has 3 unspecified atom stereocenters. The highest BCUT2D eigenvalue weighted by molar-refractivity contribution is 5.90. The lowest BCUT2D eigenvalue weighted by Gasteiger charge is -2.46. The van der Waals surface area contributed by atoms with Crippen LogP contribution in [0.15, 0.2) is 40.3 Å². The fourth-order valence-electron chi connectivity index (χ4n) is 7.54. The molecule has 1 N–H and O–H groups in total. The Morgan fingerprint density at radius 3 is 2.80 bits per heavy atom. The van der Waals surface area contributed by atoms with E-state index in [1.165, 1.54) is 60.3 Å². The number of rotatable bonds is 3. The lowest BCUT2D eigenvalue weighted by molar-refractivity contribution is 0.145. The molecule has 2 aliphatic carbocycles. The predicted molar refractivity (Wildman–Crippen MR) is 138 cm³/mol. The van der Waals surface area contributed by atoms with Crippen molar-refractivity contribution >= 4 is 23.5 Å². The second-order valence-electron chi connectivity index (χ2n) is 11.9. The summed E-state index contributed by atoms with van der Waals surface area (Å²) in [6, 6.07) is 10.4. The van der Waals surface area contributed by atoms with Crippen LogP contribution in [0.5, 0.6) is 0 Å². The van der Waals surface area contributed by atoms with E-state index in [0.717, 1.165) is 38.3 Å². The fraction of sp³-hybridized carbons (Fsp3) is 0.517. The summed E-state index contributed by atoms with van der Waals surface area (Å²) < 4.78 is 13.9. The average molecular weight is 470 g/mol. The van der Waals surface area contributed by atoms with Crippen molar-refractivity contribution in [3.8, 4) is 0 Å². The van der Waals surface area contributed by atoms with Gasteiger partial charge in [0, 0.05) is 42.5 Å². The van der Waals surface area contributed by atoms with Gasteiger partial charge in [-0.3, -0.25) is 9.98 Å². The Labute approximate surface area is 206 Å². The zero-order valence-corrected chi connectivity index (χ0v) is 20.4. The van der Waals surface area contributed by atoms with E-state index in [0.29, 0.717) is 17.4 Å². The maximum atomic E-state index is 13.9. The molecule has 1 saturated carbocycles. The molecule has 0 aromatic heterocycles. The van der Waals surface area contributed by atoms with Crippen LogP contribution in [0.25, 0.3) is 0 Å². The number of benzene rings is 2. The van der Waals surface area contributed by atoms with Gasteiger partial charge in [-0.25, -0.2) is 4.39 Å². The molecule has 2 aromatic carbocycles. The van der Waals surface area contributed by atoms with Gasteiger partial charge in [0.05, 0.1) is 18.9 Å². The van der Waals surface area contributed by atoms with Gasteiger partial charge in [-0.05, 0) is 85.8 Å². The third-order valence-electron chi connectivity index (χ3n) is 9.67. The monoisotopic (exact) mass is 469 g/mol. The summed E-state index contributed by atoms with van der Waals surface area (Å²) in [5.74, 6) is 1.61. The number of nitrogens with zero attached hydrogens (tertiary/aromatic N) is 4. The van der Waals surface area contributed by atoms with Crippen molar-refractivity contribution in [1.82, 2.24) is 4.90 Å². The van der Waals surface area contributed by atoms with Crippen molar-refractivity contribution in [2.75, 3.05) is 36.4 Å². The number of hydrogen-bond acceptors (Lipinski definition) is 5. The molecule has 1 saturated heterocycles. The summed E-state index contributed by atoms with van der Waals surface area (Å²) in [6.45, 7) is 5.88. The smallest absolute Gasteiger partial charge is 0.125 e. The van der Waals surface area contributed by atoms with E-state index in [1.54, 1.807) is 17.7 Å². The third-order valence-corrected chi connectivity index (χ3v) is 9.67. The van der Waals surface area contributed by atoms with Gasteiger partial charge in [-0.1, -0.05) is 12.1 Å². The molecule has 6 aliphatic rings. The number of halogens is 1. The van der Waals surface area contributed by atoms with E-state index in [4.69, 9.17) is 4.99 Å². The number of hydrogen-bond donors (Lipinski definition) is 1. The van der Waals surface area contributed by atoms with Gasteiger partial charge >= 0.3 is 0 Å². The average Bonchev–Trinajstić information content (AvgIpc) is 3.14. The van der Waals surface area contributed by atoms with Crippen LogP contribution in [-0.4, -0.2) is 49.3 Å². The minimum Gasteiger partial charge on any atom is -0.382 e. The Morgan fingerprint density at radius 2 is 2.03 bits per heavy atom. The van der Waals surface area contributed by atoms with E-state index < -0.39 is 0 Å². The zero-order valence-electron chi connectivity index (χ0n) is 20.4. The quantitative estimate of drug-likeness (QED) is 0.718. The molecular weight excluding hydrogens is 437 g/mol. The predicted octanol–water partition coefficient (Wildman–Crippen LogP) is 4.54. The topological polar surface area (TPSA) is 43.2 Å². The highest BCUT2D eigenvalue weighted by Crippen LogP contribution is 2.58. The molecule has 0 amide bonds. The third kappa shape index (κ3) is 2.85. The molecular formula is C29H32FN5. The molecule has 5 nitrogen and oxygen atoms in total. The highest BCUT2D eigenvalue weighted by Gasteiger charge is 2.58. The Kier molecular flexibility index (Phi) is 3.98. The van der Waals surface area contributed by atoms with E-state index >= 15 is 0 Å². The van der Waals surface area contributed by atoms with Crippen LogP contribution < -0.4 is 10.2 Å². The first-order valence-corrected chi connectivity index (χ1v) is 13.3. The van der Waals surface area contributed by atoms with Gasteiger partial charge in [0.15, 0.2) is 0 Å². The molecule has 2 fully saturated rings. The minimum absolute atomic E-state index is 0.146. The van der Waals surface area contributed by atoms with Gasteiger partial charge in [-0.15, -0.1) is 0 Å². The summed E-state index contributed by atoms with van der Waals surface area (Å²) in [5.41, 5.74) is 8.48. The first-order chi connectivity index (χ1) is 17.0. The van der Waals surface area contributed by atoms with Gasteiger partial charge in [0.2, 0.25) is 0 Å². The number of aliphatic imine (C=N–C) groups is 2. The normalized spacial score (nSPS) is 30.7. The van der Waals surface area contributed by atoms with Crippen LogP contribution in [0.3, 0.4) is 0 Å². The summed E-state index contributed by atoms with van der Waals surface area (Å²) in [5, 5.41) is 3.51. The summed E-state index contributed by atoms with van der Waals surface area (Å²) in [4.78, 5) is 14.8. The molecule has 180 valence electrons. The van der Waals surface area contributed by atoms with Gasteiger partial charge < -0.3 is 15.1 Å². The van der Waals surface area contributed by atoms with Crippen molar-refractivity contribution in [1.29, 1.82) is 0 Å². The van der Waals surface area contributed by atoms with E-state index in [1.807, 2.05) is 12.4 Å². The first kappa shape index (κ1) is 20.3. The fourth-order valence-corrected chi connectivity index (χ4v) is 7.54. The largest absolute Gasteiger partial charge is 0.382 e. The Morgan fingerprint density at radius 1 is 1.14 bits per heavy atom. The van der Waals surface area contributed by atoms with Crippen molar-refractivity contribution in [3.05, 3.63) is 58.4 Å². The number of fused-ring (bicyclic) bond motifs is 5. The number of piperidine rings is 1. The Bertz CT molecular complexity index is 1310. The molecule has 2 aromatic rings. The van der Waals surface area contributed by atoms with Crippen LogP contribution in [-0.2, 0) is 24.8 Å². The maximum Gasteiger partial charge on any atom is 0.125 e. The molecule has 3 atom stereocenters. The number of amidine groups is 1. The molecule has 4 aliphatic heterocycles. The van der Waals surface area contributed by atoms with Gasteiger partial charge in [-0.2, -0.15) is 0 Å². The van der Waals surface area contributed by atoms with Crippen LogP contribution in [0.1, 0.15) is 48.4 Å². The van der Waals surface area contributed by atoms with Crippen LogP contribution >= 0.6 is 0 Å². The molecule has 2 spiro atoms. The molecule has 4 heterocycles. The molecule has 35 heavy (non-hydrogen) atoms. The van der Waals surface area contributed by atoms with Crippen LogP contribution in [0, 0.1) is 17.2 Å². The molecule has 8 rings (SSSR count). The second-order valence-corrected chi connectivity index (χ2v) is 11.9. The SMILES string of the molecule is CC1CN(c2ccc(CC3CC4(CC4)CN4C3=NCC43CNc4cc(F)ccc43)c3c2CC3)C=N1. The lowest BCUT2D eigenvalue weighted by Crippen LogP contribution is -2.55. The Hall–Kier alpha value is -2.89. The molecule has 0 bridgehead atoms. The summed E-state index contributed by atoms with van der Waals surface area (Å²) in [7, 11) is 0. The van der Waals surface area contributed by atoms with Crippen molar-refractivity contribution in [2.24, 2.45) is 21.3 Å².